The van der Waals surface area contributed by atoms with Crippen LogP contribution >= 0.6 is 11.8 Å². The lowest BCUT2D eigenvalue weighted by atomic mass is 10.2. The van der Waals surface area contributed by atoms with Crippen LogP contribution in [-0.2, 0) is 6.54 Å². The normalized spacial score (nSPS) is 25.1. The summed E-state index contributed by atoms with van der Waals surface area (Å²) in [5.74, 6) is 1.29. The Balaban J connectivity index is 1.49. The van der Waals surface area contributed by atoms with E-state index < -0.39 is 0 Å². The van der Waals surface area contributed by atoms with E-state index in [0.29, 0.717) is 0 Å². The smallest absolute Gasteiger partial charge is 0.0945 e. The second-order valence-corrected chi connectivity index (χ2v) is 6.01. The van der Waals surface area contributed by atoms with E-state index in [1.807, 2.05) is 18.7 Å². The first-order valence-electron chi connectivity index (χ1n) is 6.15. The minimum atomic E-state index is 0.758. The molecule has 1 saturated heterocycles. The number of hydrogen-bond acceptors (Lipinski definition) is 3. The maximum Gasteiger partial charge on any atom is 0.0945 e. The lowest BCUT2D eigenvalue weighted by molar-refractivity contribution is 0.505. The summed E-state index contributed by atoms with van der Waals surface area (Å²) < 4.78 is 2.15. The summed E-state index contributed by atoms with van der Waals surface area (Å²) in [5, 5.41) is 4.50. The molecule has 0 aliphatic carbocycles. The van der Waals surface area contributed by atoms with E-state index in [2.05, 4.69) is 33.6 Å². The Bertz CT molecular complexity index is 286. The van der Waals surface area contributed by atoms with E-state index >= 15 is 0 Å². The van der Waals surface area contributed by atoms with Crippen molar-refractivity contribution in [1.82, 2.24) is 14.9 Å². The monoisotopic (exact) mass is 239 g/mol. The van der Waals surface area contributed by atoms with E-state index in [-0.39, 0.29) is 0 Å². The summed E-state index contributed by atoms with van der Waals surface area (Å²) in [5.41, 5.74) is 0. The van der Waals surface area contributed by atoms with E-state index in [9.17, 15) is 0 Å². The summed E-state index contributed by atoms with van der Waals surface area (Å²) in [6.45, 7) is 4.58. The molecule has 0 bridgehead atoms. The summed E-state index contributed by atoms with van der Waals surface area (Å²) in [6, 6.07) is 0.758. The molecule has 4 heteroatoms. The van der Waals surface area contributed by atoms with Crippen molar-refractivity contribution in [3.8, 4) is 0 Å². The molecule has 3 nitrogen and oxygen atoms in total. The van der Waals surface area contributed by atoms with Gasteiger partial charge in [0.05, 0.1) is 6.33 Å². The molecular weight excluding hydrogens is 218 g/mol. The predicted octanol–water partition coefficient (Wildman–Crippen LogP) is 2.15. The zero-order chi connectivity index (χ0) is 11.2. The second-order valence-electron chi connectivity index (χ2n) is 4.54. The molecule has 1 aromatic heterocycles. The molecule has 1 aliphatic rings. The van der Waals surface area contributed by atoms with Crippen molar-refractivity contribution in [3.63, 3.8) is 0 Å². The largest absolute Gasteiger partial charge is 0.337 e. The molecule has 2 rings (SSSR count). The van der Waals surface area contributed by atoms with Crippen LogP contribution in [-0.4, -0.2) is 33.1 Å². The molecule has 90 valence electrons. The van der Waals surface area contributed by atoms with E-state index in [4.69, 9.17) is 0 Å². The number of aromatic nitrogens is 2. The number of nitrogens with zero attached hydrogens (tertiary/aromatic N) is 2. The Morgan fingerprint density at radius 1 is 1.50 bits per heavy atom. The van der Waals surface area contributed by atoms with Gasteiger partial charge in [-0.05, 0) is 25.8 Å². The third kappa shape index (κ3) is 3.83. The molecule has 2 heterocycles. The van der Waals surface area contributed by atoms with Gasteiger partial charge in [-0.15, -0.1) is 0 Å². The summed E-state index contributed by atoms with van der Waals surface area (Å²) in [7, 11) is 0. The maximum atomic E-state index is 4.04. The molecule has 2 atom stereocenters. The van der Waals surface area contributed by atoms with Crippen molar-refractivity contribution in [1.29, 1.82) is 0 Å². The van der Waals surface area contributed by atoms with Crippen LogP contribution in [0.4, 0.5) is 0 Å². The minimum absolute atomic E-state index is 0.758. The van der Waals surface area contributed by atoms with E-state index in [0.717, 1.165) is 24.4 Å². The van der Waals surface area contributed by atoms with Crippen LogP contribution in [0.25, 0.3) is 0 Å². The van der Waals surface area contributed by atoms with E-state index in [1.165, 1.54) is 25.0 Å². The van der Waals surface area contributed by atoms with Crippen LogP contribution in [0.3, 0.4) is 0 Å². The molecule has 1 aromatic rings. The minimum Gasteiger partial charge on any atom is -0.337 e. The van der Waals surface area contributed by atoms with Crippen LogP contribution in [0, 0.1) is 0 Å². The molecule has 0 radical (unpaired) electrons. The third-order valence-electron chi connectivity index (χ3n) is 3.03. The van der Waals surface area contributed by atoms with Gasteiger partial charge in [0.2, 0.25) is 0 Å². The zero-order valence-electron chi connectivity index (χ0n) is 9.93. The van der Waals surface area contributed by atoms with Gasteiger partial charge in [0.15, 0.2) is 0 Å². The Morgan fingerprint density at radius 2 is 2.44 bits per heavy atom. The molecule has 1 N–H and O–H groups in total. The average Bonchev–Trinajstić information content (AvgIpc) is 2.89. The lowest BCUT2D eigenvalue weighted by Crippen LogP contribution is -2.30. The zero-order valence-corrected chi connectivity index (χ0v) is 10.7. The van der Waals surface area contributed by atoms with Crippen LogP contribution in [0.1, 0.15) is 26.2 Å². The molecule has 0 spiro atoms. The molecular formula is C12H21N3S. The first-order chi connectivity index (χ1) is 7.84. The number of imidazole rings is 1. The maximum absolute atomic E-state index is 4.04. The Labute approximate surface area is 102 Å². The molecule has 1 aliphatic heterocycles. The third-order valence-corrected chi connectivity index (χ3v) is 4.39. The van der Waals surface area contributed by atoms with E-state index in [1.54, 1.807) is 0 Å². The predicted molar refractivity (Wildman–Crippen MR) is 69.8 cm³/mol. The van der Waals surface area contributed by atoms with Crippen molar-refractivity contribution < 1.29 is 0 Å². The standard InChI is InChI=1S/C12H21N3S/c1-11-8-12(9-16-11)14-4-2-3-6-15-7-5-13-10-15/h5,7,10-12,14H,2-4,6,8-9H2,1H3. The summed E-state index contributed by atoms with van der Waals surface area (Å²) in [6.07, 6.45) is 9.60. The molecule has 0 amide bonds. The number of rotatable bonds is 6. The Kier molecular flexibility index (Phi) is 4.72. The van der Waals surface area contributed by atoms with Crippen LogP contribution < -0.4 is 5.32 Å². The fourth-order valence-corrected chi connectivity index (χ4v) is 3.29. The van der Waals surface area contributed by atoms with Gasteiger partial charge in [-0.1, -0.05) is 6.92 Å². The topological polar surface area (TPSA) is 29.9 Å². The van der Waals surface area contributed by atoms with Crippen LogP contribution in [0.15, 0.2) is 18.7 Å². The van der Waals surface area contributed by atoms with Gasteiger partial charge in [-0.3, -0.25) is 0 Å². The highest BCUT2D eigenvalue weighted by Crippen LogP contribution is 2.25. The average molecular weight is 239 g/mol. The van der Waals surface area contributed by atoms with Gasteiger partial charge in [0.1, 0.15) is 0 Å². The Morgan fingerprint density at radius 3 is 3.12 bits per heavy atom. The number of aryl methyl sites for hydroxylation is 1. The van der Waals surface area contributed by atoms with Crippen molar-refractivity contribution in [2.75, 3.05) is 12.3 Å². The van der Waals surface area contributed by atoms with Crippen molar-refractivity contribution in [3.05, 3.63) is 18.7 Å². The first-order valence-corrected chi connectivity index (χ1v) is 7.20. The van der Waals surface area contributed by atoms with Crippen LogP contribution in [0.5, 0.6) is 0 Å². The van der Waals surface area contributed by atoms with Gasteiger partial charge in [0, 0.05) is 36.0 Å². The van der Waals surface area contributed by atoms with Crippen molar-refractivity contribution in [2.24, 2.45) is 0 Å². The van der Waals surface area contributed by atoms with Crippen LogP contribution in [0.2, 0.25) is 0 Å². The fourth-order valence-electron chi connectivity index (χ4n) is 2.10. The first kappa shape index (κ1) is 12.0. The highest BCUT2D eigenvalue weighted by Gasteiger charge is 2.20. The highest BCUT2D eigenvalue weighted by molar-refractivity contribution is 8.00. The molecule has 1 fully saturated rings. The number of nitrogens with one attached hydrogen (secondary N) is 1. The molecule has 0 saturated carbocycles. The van der Waals surface area contributed by atoms with Gasteiger partial charge < -0.3 is 9.88 Å². The van der Waals surface area contributed by atoms with Crippen molar-refractivity contribution >= 4 is 11.8 Å². The lowest BCUT2D eigenvalue weighted by Gasteiger charge is -2.11. The summed E-state index contributed by atoms with van der Waals surface area (Å²) >= 11 is 2.09. The molecule has 16 heavy (non-hydrogen) atoms. The van der Waals surface area contributed by atoms with Gasteiger partial charge in [-0.25, -0.2) is 4.98 Å². The summed E-state index contributed by atoms with van der Waals surface area (Å²) in [4.78, 5) is 4.04. The fraction of sp³-hybridized carbons (Fsp3) is 0.750. The highest BCUT2D eigenvalue weighted by atomic mass is 32.2. The second kappa shape index (κ2) is 6.30. The number of unbranched alkanes of at least 4 members (excludes halogenated alkanes) is 1. The molecule has 0 aromatic carbocycles. The quantitative estimate of drug-likeness (QED) is 0.771. The van der Waals surface area contributed by atoms with Gasteiger partial charge in [-0.2, -0.15) is 11.8 Å². The van der Waals surface area contributed by atoms with Crippen molar-refractivity contribution in [2.45, 2.75) is 44.0 Å². The SMILES string of the molecule is CC1CC(NCCCCn2ccnc2)CS1. The number of hydrogen-bond donors (Lipinski definition) is 1. The Hall–Kier alpha value is -0.480. The van der Waals surface area contributed by atoms with Gasteiger partial charge >= 0.3 is 0 Å². The van der Waals surface area contributed by atoms with Gasteiger partial charge in [0.25, 0.3) is 0 Å². The number of thioether (sulfide) groups is 1. The molecule has 2 unspecified atom stereocenters.